The van der Waals surface area contributed by atoms with Crippen LogP contribution in [0.2, 0.25) is 10.0 Å². The minimum absolute atomic E-state index is 0.0494. The summed E-state index contributed by atoms with van der Waals surface area (Å²) in [5.41, 5.74) is 5.80. The van der Waals surface area contributed by atoms with Crippen LogP contribution in [0.5, 0.6) is 11.6 Å². The molecule has 0 bridgehead atoms. The van der Waals surface area contributed by atoms with Gasteiger partial charge in [-0.05, 0) is 69.5 Å². The Kier molecular flexibility index (Phi) is 10.2. The molecular formula is C38H38Cl2N4O6. The number of esters is 1. The lowest BCUT2D eigenvalue weighted by molar-refractivity contribution is -0.158. The van der Waals surface area contributed by atoms with Gasteiger partial charge in [0.05, 0.1) is 47.3 Å². The number of halogens is 2. The molecule has 0 N–H and O–H groups in total. The number of carbonyl (C=O) groups excluding carboxylic acids is 3. The molecule has 260 valence electrons. The third kappa shape index (κ3) is 7.06. The zero-order chi connectivity index (χ0) is 35.7. The fraction of sp³-hybridized carbons (Fsp3) is 0.342. The lowest BCUT2D eigenvalue weighted by Crippen LogP contribution is -2.45. The van der Waals surface area contributed by atoms with Gasteiger partial charge < -0.3 is 19.1 Å². The van der Waals surface area contributed by atoms with E-state index in [2.05, 4.69) is 20.9 Å². The summed E-state index contributed by atoms with van der Waals surface area (Å²) in [7, 11) is 3.09. The smallest absolute Gasteiger partial charge is 0.326 e. The van der Waals surface area contributed by atoms with Crippen molar-refractivity contribution in [2.24, 2.45) is 0 Å². The quantitative estimate of drug-likeness (QED) is 0.135. The van der Waals surface area contributed by atoms with Gasteiger partial charge in [-0.25, -0.2) is 4.98 Å². The monoisotopic (exact) mass is 716 g/mol. The molecule has 50 heavy (non-hydrogen) atoms. The summed E-state index contributed by atoms with van der Waals surface area (Å²) in [6.07, 6.45) is 3.72. The van der Waals surface area contributed by atoms with Crippen LogP contribution in [0.4, 0.5) is 0 Å². The number of aldehydes is 1. The Labute approximate surface area is 301 Å². The Hall–Kier alpha value is -4.51. The van der Waals surface area contributed by atoms with Crippen molar-refractivity contribution in [3.8, 4) is 45.3 Å². The Morgan fingerprint density at radius 2 is 1.76 bits per heavy atom. The fourth-order valence-corrected chi connectivity index (χ4v) is 7.28. The minimum atomic E-state index is -0.607. The van der Waals surface area contributed by atoms with Crippen molar-refractivity contribution in [2.45, 2.75) is 51.8 Å². The van der Waals surface area contributed by atoms with Gasteiger partial charge in [0.1, 0.15) is 17.9 Å². The van der Waals surface area contributed by atoms with Gasteiger partial charge in [0.25, 0.3) is 0 Å². The number of hydrogen-bond acceptors (Lipinski definition) is 9. The van der Waals surface area contributed by atoms with Crippen LogP contribution in [0.3, 0.4) is 0 Å². The third-order valence-electron chi connectivity index (χ3n) is 8.94. The number of carbonyl (C=O) groups is 3. The van der Waals surface area contributed by atoms with Gasteiger partial charge in [-0.1, -0.05) is 41.4 Å². The Morgan fingerprint density at radius 1 is 1.00 bits per heavy atom. The summed E-state index contributed by atoms with van der Waals surface area (Å²) in [6, 6.07) is 14.5. The van der Waals surface area contributed by atoms with Crippen molar-refractivity contribution < 1.29 is 28.6 Å². The first-order valence-corrected chi connectivity index (χ1v) is 17.1. The van der Waals surface area contributed by atoms with Gasteiger partial charge in [-0.3, -0.25) is 24.3 Å². The summed E-state index contributed by atoms with van der Waals surface area (Å²) in [5, 5.41) is 0.864. The van der Waals surface area contributed by atoms with Crippen LogP contribution in [0, 0.1) is 0 Å². The van der Waals surface area contributed by atoms with Gasteiger partial charge in [0.2, 0.25) is 11.8 Å². The highest BCUT2D eigenvalue weighted by Crippen LogP contribution is 2.43. The van der Waals surface area contributed by atoms with Crippen LogP contribution >= 0.6 is 23.2 Å². The standard InChI is InChI=1S/C38H38Cl2N4O6/c1-38(2,3)50-32(46)20-44-16-13-30(37(44)47)43-15-12-22-17-24(18-31(48-4)28(22)19-43)35-34(40)26(11-14-41-35)25-7-6-8-27(33(25)39)29-10-9-23(21-45)36(42-29)49-5/h6-11,14,17-18,21,30H,12-13,15-16,19-20H2,1-5H3. The van der Waals surface area contributed by atoms with Gasteiger partial charge >= 0.3 is 5.97 Å². The first-order chi connectivity index (χ1) is 23.9. The van der Waals surface area contributed by atoms with Crippen molar-refractivity contribution in [3.05, 3.63) is 81.5 Å². The lowest BCUT2D eigenvalue weighted by Gasteiger charge is -2.33. The Balaban J connectivity index is 1.26. The molecule has 2 aromatic heterocycles. The highest BCUT2D eigenvalue weighted by Gasteiger charge is 2.39. The van der Waals surface area contributed by atoms with E-state index in [0.29, 0.717) is 88.2 Å². The maximum Gasteiger partial charge on any atom is 0.326 e. The van der Waals surface area contributed by atoms with Gasteiger partial charge in [0.15, 0.2) is 6.29 Å². The van der Waals surface area contributed by atoms with Gasteiger partial charge in [-0.2, -0.15) is 0 Å². The summed E-state index contributed by atoms with van der Waals surface area (Å²) >= 11 is 14.1. The molecule has 2 aliphatic rings. The molecule has 0 spiro atoms. The van der Waals surface area contributed by atoms with Crippen molar-refractivity contribution in [1.82, 2.24) is 19.8 Å². The summed E-state index contributed by atoms with van der Waals surface area (Å²) in [6.45, 7) is 7.10. The topological polar surface area (TPSA) is 111 Å². The van der Waals surface area contributed by atoms with E-state index in [1.807, 2.05) is 51.1 Å². The van der Waals surface area contributed by atoms with Crippen molar-refractivity contribution in [1.29, 1.82) is 0 Å². The number of rotatable bonds is 9. The molecule has 10 nitrogen and oxygen atoms in total. The van der Waals surface area contributed by atoms with E-state index in [0.717, 1.165) is 16.7 Å². The predicted octanol–water partition coefficient (Wildman–Crippen LogP) is 6.91. The van der Waals surface area contributed by atoms with Crippen LogP contribution in [0.25, 0.3) is 33.6 Å². The number of ether oxygens (including phenoxy) is 3. The molecule has 1 amide bonds. The molecule has 4 heterocycles. The highest BCUT2D eigenvalue weighted by atomic mass is 35.5. The maximum absolute atomic E-state index is 13.4. The number of fused-ring (bicyclic) bond motifs is 1. The number of amides is 1. The fourth-order valence-electron chi connectivity index (χ4n) is 6.63. The molecule has 12 heteroatoms. The second-order valence-corrected chi connectivity index (χ2v) is 14.0. The average molecular weight is 718 g/mol. The molecule has 1 unspecified atom stereocenters. The minimum Gasteiger partial charge on any atom is -0.496 e. The van der Waals surface area contributed by atoms with Gasteiger partial charge in [0, 0.05) is 53.6 Å². The molecule has 0 radical (unpaired) electrons. The Bertz CT molecular complexity index is 1960. The van der Waals surface area contributed by atoms with Crippen molar-refractivity contribution in [3.63, 3.8) is 0 Å². The molecule has 1 fully saturated rings. The number of pyridine rings is 2. The zero-order valence-electron chi connectivity index (χ0n) is 28.6. The SMILES string of the molecule is COc1cc(-c2nccc(-c3cccc(-c4ccc(C=O)c(OC)n4)c3Cl)c2Cl)cc2c1CN(C1CCN(CC(=O)OC(C)(C)C)C1=O)CC2. The maximum atomic E-state index is 13.4. The molecule has 6 rings (SSSR count). The van der Waals surface area contributed by atoms with Crippen molar-refractivity contribution in [2.75, 3.05) is 33.9 Å². The van der Waals surface area contributed by atoms with E-state index >= 15 is 0 Å². The van der Waals surface area contributed by atoms with E-state index in [4.69, 9.17) is 37.4 Å². The number of nitrogens with zero attached hydrogens (tertiary/aromatic N) is 4. The number of benzene rings is 2. The van der Waals surface area contributed by atoms with Crippen molar-refractivity contribution >= 4 is 41.4 Å². The zero-order valence-corrected chi connectivity index (χ0v) is 30.1. The van der Waals surface area contributed by atoms with E-state index in [9.17, 15) is 14.4 Å². The van der Waals surface area contributed by atoms with Crippen LogP contribution in [0.1, 0.15) is 48.7 Å². The number of hydrogen-bond donors (Lipinski definition) is 0. The first kappa shape index (κ1) is 35.3. The molecule has 4 aromatic rings. The lowest BCUT2D eigenvalue weighted by atomic mass is 9.93. The van der Waals surface area contributed by atoms with E-state index in [1.54, 1.807) is 30.3 Å². The average Bonchev–Trinajstić information content (AvgIpc) is 3.45. The van der Waals surface area contributed by atoms with E-state index in [1.165, 1.54) is 7.11 Å². The van der Waals surface area contributed by atoms with E-state index < -0.39 is 11.6 Å². The summed E-state index contributed by atoms with van der Waals surface area (Å²) in [5.74, 6) is 0.431. The normalized spacial score (nSPS) is 16.3. The molecule has 0 saturated carbocycles. The summed E-state index contributed by atoms with van der Waals surface area (Å²) in [4.78, 5) is 50.1. The largest absolute Gasteiger partial charge is 0.496 e. The molecule has 0 aliphatic carbocycles. The van der Waals surface area contributed by atoms with Gasteiger partial charge in [-0.15, -0.1) is 0 Å². The summed E-state index contributed by atoms with van der Waals surface area (Å²) < 4.78 is 16.6. The second kappa shape index (κ2) is 14.4. The number of methoxy groups -OCH3 is 2. The van der Waals surface area contributed by atoms with E-state index in [-0.39, 0.29) is 24.4 Å². The van der Waals surface area contributed by atoms with Crippen LogP contribution in [-0.2, 0) is 27.3 Å². The van der Waals surface area contributed by atoms with Crippen LogP contribution in [0.15, 0.2) is 54.7 Å². The molecule has 1 atom stereocenters. The van der Waals surface area contributed by atoms with Crippen LogP contribution in [-0.4, -0.2) is 83.4 Å². The molecular weight excluding hydrogens is 679 g/mol. The predicted molar refractivity (Wildman–Crippen MR) is 192 cm³/mol. The number of aromatic nitrogens is 2. The Morgan fingerprint density at radius 3 is 2.48 bits per heavy atom. The first-order valence-electron chi connectivity index (χ1n) is 16.3. The molecule has 1 saturated heterocycles. The highest BCUT2D eigenvalue weighted by molar-refractivity contribution is 6.39. The molecule has 2 aliphatic heterocycles. The number of likely N-dealkylation sites (tertiary alicyclic amines) is 1. The third-order valence-corrected chi connectivity index (χ3v) is 9.73. The molecule has 2 aromatic carbocycles. The van der Waals surface area contributed by atoms with Crippen LogP contribution < -0.4 is 9.47 Å². The second-order valence-electron chi connectivity index (χ2n) is 13.3.